The SMILES string of the molecule is c1ccc2c(c1)OCC(c1noc(C3CCNCC3)n1)O2. The number of benzene rings is 1. The summed E-state index contributed by atoms with van der Waals surface area (Å²) >= 11 is 0. The lowest BCUT2D eigenvalue weighted by Gasteiger charge is -2.24. The molecular formula is C15H17N3O3. The molecule has 0 saturated carbocycles. The van der Waals surface area contributed by atoms with Crippen LogP contribution in [0.25, 0.3) is 0 Å². The van der Waals surface area contributed by atoms with Crippen molar-refractivity contribution >= 4 is 0 Å². The van der Waals surface area contributed by atoms with E-state index in [2.05, 4.69) is 15.5 Å². The average Bonchev–Trinajstić information content (AvgIpc) is 3.05. The maximum Gasteiger partial charge on any atom is 0.229 e. The van der Waals surface area contributed by atoms with E-state index in [1.807, 2.05) is 24.3 Å². The van der Waals surface area contributed by atoms with Crippen molar-refractivity contribution in [2.75, 3.05) is 19.7 Å². The standard InChI is InChI=1S/C15H17N3O3/c1-2-4-12-11(3-1)19-9-13(20-12)14-17-15(21-18-14)10-5-7-16-8-6-10/h1-4,10,13,16H,5-9H2. The molecule has 1 aromatic heterocycles. The molecule has 1 saturated heterocycles. The molecule has 2 aromatic rings. The van der Waals surface area contributed by atoms with Gasteiger partial charge in [0.05, 0.1) is 0 Å². The molecule has 0 aliphatic carbocycles. The normalized spacial score (nSPS) is 22.2. The Morgan fingerprint density at radius 1 is 1.10 bits per heavy atom. The van der Waals surface area contributed by atoms with Crippen LogP contribution in [0, 0.1) is 0 Å². The van der Waals surface area contributed by atoms with Gasteiger partial charge in [-0.15, -0.1) is 0 Å². The summed E-state index contributed by atoms with van der Waals surface area (Å²) in [6.45, 7) is 2.40. The molecule has 1 atom stereocenters. The number of ether oxygens (including phenoxy) is 2. The first kappa shape index (κ1) is 12.6. The number of hydrogen-bond acceptors (Lipinski definition) is 6. The second kappa shape index (κ2) is 5.37. The highest BCUT2D eigenvalue weighted by Gasteiger charge is 2.29. The van der Waals surface area contributed by atoms with Crippen LogP contribution in [0.1, 0.15) is 36.6 Å². The number of rotatable bonds is 2. The fourth-order valence-corrected chi connectivity index (χ4v) is 2.76. The summed E-state index contributed by atoms with van der Waals surface area (Å²) in [6, 6.07) is 7.62. The molecule has 6 nitrogen and oxygen atoms in total. The molecule has 1 aromatic carbocycles. The number of fused-ring (bicyclic) bond motifs is 1. The molecule has 0 spiro atoms. The number of nitrogens with one attached hydrogen (secondary N) is 1. The van der Waals surface area contributed by atoms with E-state index >= 15 is 0 Å². The zero-order chi connectivity index (χ0) is 14.1. The zero-order valence-electron chi connectivity index (χ0n) is 11.6. The minimum absolute atomic E-state index is 0.306. The second-order valence-corrected chi connectivity index (χ2v) is 5.38. The van der Waals surface area contributed by atoms with Crippen molar-refractivity contribution in [1.82, 2.24) is 15.5 Å². The number of hydrogen-bond donors (Lipinski definition) is 1. The molecule has 1 N–H and O–H groups in total. The molecule has 0 radical (unpaired) electrons. The molecule has 0 bridgehead atoms. The van der Waals surface area contributed by atoms with E-state index in [9.17, 15) is 0 Å². The van der Waals surface area contributed by atoms with Gasteiger partial charge in [0.2, 0.25) is 11.7 Å². The van der Waals surface area contributed by atoms with Crippen LogP contribution < -0.4 is 14.8 Å². The van der Waals surface area contributed by atoms with Crippen molar-refractivity contribution in [2.45, 2.75) is 24.9 Å². The fourth-order valence-electron chi connectivity index (χ4n) is 2.76. The topological polar surface area (TPSA) is 69.4 Å². The van der Waals surface area contributed by atoms with Crippen LogP contribution in [0.2, 0.25) is 0 Å². The van der Waals surface area contributed by atoms with Gasteiger partial charge in [0, 0.05) is 5.92 Å². The quantitative estimate of drug-likeness (QED) is 0.911. The first-order valence-electron chi connectivity index (χ1n) is 7.33. The largest absolute Gasteiger partial charge is 0.485 e. The van der Waals surface area contributed by atoms with Crippen LogP contribution in [0.3, 0.4) is 0 Å². The molecule has 4 rings (SSSR count). The Balaban J connectivity index is 1.51. The predicted molar refractivity (Wildman–Crippen MR) is 74.4 cm³/mol. The molecule has 3 heterocycles. The van der Waals surface area contributed by atoms with Gasteiger partial charge in [0.1, 0.15) is 6.61 Å². The smallest absolute Gasteiger partial charge is 0.229 e. The average molecular weight is 287 g/mol. The molecule has 0 amide bonds. The van der Waals surface area contributed by atoms with Crippen molar-refractivity contribution in [1.29, 1.82) is 0 Å². The van der Waals surface area contributed by atoms with Gasteiger partial charge in [0.15, 0.2) is 17.6 Å². The van der Waals surface area contributed by atoms with E-state index in [4.69, 9.17) is 14.0 Å². The third-order valence-corrected chi connectivity index (χ3v) is 3.94. The molecule has 21 heavy (non-hydrogen) atoms. The van der Waals surface area contributed by atoms with Crippen molar-refractivity contribution in [3.05, 3.63) is 36.0 Å². The number of nitrogens with zero attached hydrogens (tertiary/aromatic N) is 2. The highest BCUT2D eigenvalue weighted by molar-refractivity contribution is 5.40. The summed E-state index contributed by atoms with van der Waals surface area (Å²) in [6.07, 6.45) is 1.76. The maximum absolute atomic E-state index is 5.90. The summed E-state index contributed by atoms with van der Waals surface area (Å²) in [4.78, 5) is 4.52. The molecule has 110 valence electrons. The highest BCUT2D eigenvalue weighted by Crippen LogP contribution is 2.35. The van der Waals surface area contributed by atoms with Crippen LogP contribution in [-0.2, 0) is 0 Å². The van der Waals surface area contributed by atoms with E-state index in [1.54, 1.807) is 0 Å². The Labute approximate surface area is 122 Å². The van der Waals surface area contributed by atoms with Gasteiger partial charge in [-0.3, -0.25) is 0 Å². The molecule has 6 heteroatoms. The molecule has 2 aliphatic heterocycles. The Morgan fingerprint density at radius 3 is 2.76 bits per heavy atom. The monoisotopic (exact) mass is 287 g/mol. The summed E-state index contributed by atoms with van der Waals surface area (Å²) in [5.41, 5.74) is 0. The number of aromatic nitrogens is 2. The van der Waals surface area contributed by atoms with Crippen LogP contribution in [0.4, 0.5) is 0 Å². The van der Waals surface area contributed by atoms with Crippen molar-refractivity contribution in [2.24, 2.45) is 0 Å². The Bertz CT molecular complexity index is 622. The Morgan fingerprint density at radius 2 is 1.90 bits per heavy atom. The lowest BCUT2D eigenvalue weighted by molar-refractivity contribution is 0.0832. The summed E-state index contributed by atoms with van der Waals surface area (Å²) < 4.78 is 17.0. The van der Waals surface area contributed by atoms with E-state index < -0.39 is 0 Å². The van der Waals surface area contributed by atoms with Crippen molar-refractivity contribution in [3.63, 3.8) is 0 Å². The third kappa shape index (κ3) is 2.47. The number of para-hydroxylation sites is 2. The van der Waals surface area contributed by atoms with Crippen LogP contribution >= 0.6 is 0 Å². The van der Waals surface area contributed by atoms with Crippen LogP contribution in [-0.4, -0.2) is 29.8 Å². The summed E-state index contributed by atoms with van der Waals surface area (Å²) in [5, 5.41) is 7.41. The van der Waals surface area contributed by atoms with Gasteiger partial charge in [-0.2, -0.15) is 4.98 Å². The Hall–Kier alpha value is -2.08. The lowest BCUT2D eigenvalue weighted by Crippen LogP contribution is -2.27. The maximum atomic E-state index is 5.90. The van der Waals surface area contributed by atoms with E-state index in [0.717, 1.165) is 37.4 Å². The van der Waals surface area contributed by atoms with Crippen molar-refractivity contribution < 1.29 is 14.0 Å². The van der Waals surface area contributed by atoms with Crippen molar-refractivity contribution in [3.8, 4) is 11.5 Å². The molecule has 1 unspecified atom stereocenters. The van der Waals surface area contributed by atoms with Crippen LogP contribution in [0.5, 0.6) is 11.5 Å². The molecular weight excluding hydrogens is 270 g/mol. The van der Waals surface area contributed by atoms with Gasteiger partial charge >= 0.3 is 0 Å². The van der Waals surface area contributed by atoms with Gasteiger partial charge in [-0.1, -0.05) is 17.3 Å². The fraction of sp³-hybridized carbons (Fsp3) is 0.467. The molecule has 1 fully saturated rings. The molecule has 2 aliphatic rings. The number of piperidine rings is 1. The Kier molecular flexibility index (Phi) is 3.23. The minimum Gasteiger partial charge on any atom is -0.485 e. The summed E-state index contributed by atoms with van der Waals surface area (Å²) in [7, 11) is 0. The van der Waals surface area contributed by atoms with Gasteiger partial charge in [-0.05, 0) is 38.1 Å². The zero-order valence-corrected chi connectivity index (χ0v) is 11.6. The van der Waals surface area contributed by atoms with E-state index in [1.165, 1.54) is 0 Å². The van der Waals surface area contributed by atoms with E-state index in [0.29, 0.717) is 24.2 Å². The third-order valence-electron chi connectivity index (χ3n) is 3.94. The minimum atomic E-state index is -0.306. The lowest BCUT2D eigenvalue weighted by atomic mass is 9.98. The summed E-state index contributed by atoms with van der Waals surface area (Å²) in [5.74, 6) is 3.12. The predicted octanol–water partition coefficient (Wildman–Crippen LogP) is 2.05. The van der Waals surface area contributed by atoms with Gasteiger partial charge in [0.25, 0.3) is 0 Å². The van der Waals surface area contributed by atoms with Gasteiger partial charge < -0.3 is 19.3 Å². The van der Waals surface area contributed by atoms with Gasteiger partial charge in [-0.25, -0.2) is 0 Å². The first-order valence-corrected chi connectivity index (χ1v) is 7.33. The van der Waals surface area contributed by atoms with E-state index in [-0.39, 0.29) is 6.10 Å². The second-order valence-electron chi connectivity index (χ2n) is 5.38. The van der Waals surface area contributed by atoms with Crippen LogP contribution in [0.15, 0.2) is 28.8 Å². The highest BCUT2D eigenvalue weighted by atomic mass is 16.6. The first-order chi connectivity index (χ1) is 10.4.